The van der Waals surface area contributed by atoms with Gasteiger partial charge in [-0.1, -0.05) is 53.6 Å². The summed E-state index contributed by atoms with van der Waals surface area (Å²) in [5.74, 6) is -0.175. The number of nitrogens with zero attached hydrogens (tertiary/aromatic N) is 2. The number of benzene rings is 2. The number of rotatable bonds is 5. The molecule has 1 saturated carbocycles. The summed E-state index contributed by atoms with van der Waals surface area (Å²) in [7, 11) is 0. The first-order chi connectivity index (χ1) is 15.5. The number of carbonyl (C=O) groups is 2. The molecule has 3 aromatic rings. The van der Waals surface area contributed by atoms with E-state index >= 15 is 0 Å². The van der Waals surface area contributed by atoms with E-state index in [1.54, 1.807) is 28.4 Å². The standard InChI is InChI=1S/C26H25ClN2O2S/c1-17-6-8-18(9-7-17)25-21-13-15-32-23(21)12-14-28(25)24(30)16-29(19-10-11-19)26(31)20-4-2-3-5-22(20)27/h2-9,13,15,19,25H,10-12,14,16H2,1H3. The summed E-state index contributed by atoms with van der Waals surface area (Å²) in [6, 6.07) is 17.6. The van der Waals surface area contributed by atoms with Crippen molar-refractivity contribution in [3.63, 3.8) is 0 Å². The van der Waals surface area contributed by atoms with E-state index in [0.29, 0.717) is 17.1 Å². The van der Waals surface area contributed by atoms with Crippen molar-refractivity contribution >= 4 is 34.8 Å². The number of halogens is 1. The van der Waals surface area contributed by atoms with E-state index in [1.807, 2.05) is 17.0 Å². The highest BCUT2D eigenvalue weighted by Crippen LogP contribution is 2.38. The number of carbonyl (C=O) groups excluding carboxylic acids is 2. The summed E-state index contributed by atoms with van der Waals surface area (Å²) in [6.07, 6.45) is 2.71. The molecule has 1 aromatic heterocycles. The van der Waals surface area contributed by atoms with Gasteiger partial charge in [0.2, 0.25) is 5.91 Å². The van der Waals surface area contributed by atoms with Gasteiger partial charge in [0.1, 0.15) is 6.54 Å². The van der Waals surface area contributed by atoms with Crippen LogP contribution in [0.3, 0.4) is 0 Å². The molecular formula is C26H25ClN2O2S. The van der Waals surface area contributed by atoms with Gasteiger partial charge in [0.15, 0.2) is 0 Å². The molecule has 5 rings (SSSR count). The molecule has 1 aliphatic carbocycles. The Balaban J connectivity index is 1.43. The van der Waals surface area contributed by atoms with Gasteiger partial charge in [-0.3, -0.25) is 9.59 Å². The number of amides is 2. The first kappa shape index (κ1) is 21.2. The fourth-order valence-electron chi connectivity index (χ4n) is 4.47. The van der Waals surface area contributed by atoms with Crippen molar-refractivity contribution in [1.82, 2.24) is 9.80 Å². The van der Waals surface area contributed by atoms with Gasteiger partial charge in [0, 0.05) is 17.5 Å². The van der Waals surface area contributed by atoms with Gasteiger partial charge in [-0.25, -0.2) is 0 Å². The van der Waals surface area contributed by atoms with Crippen molar-refractivity contribution in [1.29, 1.82) is 0 Å². The predicted molar refractivity (Wildman–Crippen MR) is 128 cm³/mol. The Hall–Kier alpha value is -2.63. The Morgan fingerprint density at radius 1 is 1.09 bits per heavy atom. The molecule has 2 aliphatic rings. The van der Waals surface area contributed by atoms with Crippen molar-refractivity contribution < 1.29 is 9.59 Å². The highest BCUT2D eigenvalue weighted by Gasteiger charge is 2.38. The maximum Gasteiger partial charge on any atom is 0.256 e. The van der Waals surface area contributed by atoms with Crippen LogP contribution in [-0.2, 0) is 11.2 Å². The smallest absolute Gasteiger partial charge is 0.256 e. The quantitative estimate of drug-likeness (QED) is 0.501. The molecule has 0 radical (unpaired) electrons. The molecule has 0 bridgehead atoms. The average Bonchev–Trinajstić information content (AvgIpc) is 3.53. The Morgan fingerprint density at radius 3 is 2.56 bits per heavy atom. The molecule has 2 heterocycles. The summed E-state index contributed by atoms with van der Waals surface area (Å²) in [4.78, 5) is 31.9. The monoisotopic (exact) mass is 464 g/mol. The number of fused-ring (bicyclic) bond motifs is 1. The number of aryl methyl sites for hydroxylation is 1. The summed E-state index contributed by atoms with van der Waals surface area (Å²) in [6.45, 7) is 2.80. The van der Waals surface area contributed by atoms with Crippen LogP contribution in [0.1, 0.15) is 50.8 Å². The van der Waals surface area contributed by atoms with E-state index in [1.165, 1.54) is 16.0 Å². The molecule has 32 heavy (non-hydrogen) atoms. The first-order valence-electron chi connectivity index (χ1n) is 11.0. The van der Waals surface area contributed by atoms with Crippen LogP contribution in [-0.4, -0.2) is 40.7 Å². The van der Waals surface area contributed by atoms with Crippen LogP contribution >= 0.6 is 22.9 Å². The van der Waals surface area contributed by atoms with Crippen molar-refractivity contribution in [3.05, 3.63) is 92.1 Å². The second kappa shape index (κ2) is 8.72. The lowest BCUT2D eigenvalue weighted by molar-refractivity contribution is -0.134. The van der Waals surface area contributed by atoms with Crippen LogP contribution in [0.25, 0.3) is 0 Å². The van der Waals surface area contributed by atoms with Gasteiger partial charge >= 0.3 is 0 Å². The van der Waals surface area contributed by atoms with Crippen LogP contribution < -0.4 is 0 Å². The van der Waals surface area contributed by atoms with Gasteiger partial charge in [0.05, 0.1) is 16.6 Å². The van der Waals surface area contributed by atoms with Gasteiger partial charge in [-0.2, -0.15) is 0 Å². The number of hydrogen-bond donors (Lipinski definition) is 0. The zero-order valence-electron chi connectivity index (χ0n) is 18.0. The zero-order valence-corrected chi connectivity index (χ0v) is 19.5. The van der Waals surface area contributed by atoms with Gasteiger partial charge < -0.3 is 9.80 Å². The van der Waals surface area contributed by atoms with Crippen molar-refractivity contribution in [2.75, 3.05) is 13.1 Å². The molecule has 1 fully saturated rings. The van der Waals surface area contributed by atoms with Crippen molar-refractivity contribution in [2.45, 2.75) is 38.3 Å². The highest BCUT2D eigenvalue weighted by atomic mass is 35.5. The SMILES string of the molecule is Cc1ccc(C2c3ccsc3CCN2C(=O)CN(C(=O)c2ccccc2Cl)C2CC2)cc1. The summed E-state index contributed by atoms with van der Waals surface area (Å²) < 4.78 is 0. The molecule has 1 unspecified atom stereocenters. The fraction of sp³-hybridized carbons (Fsp3) is 0.308. The van der Waals surface area contributed by atoms with E-state index in [2.05, 4.69) is 42.6 Å². The van der Waals surface area contributed by atoms with E-state index in [4.69, 9.17) is 11.6 Å². The summed E-state index contributed by atoms with van der Waals surface area (Å²) in [5, 5.41) is 2.53. The molecular weight excluding hydrogens is 440 g/mol. The fourth-order valence-corrected chi connectivity index (χ4v) is 5.59. The molecule has 2 aromatic carbocycles. The van der Waals surface area contributed by atoms with Gasteiger partial charge in [-0.05, 0) is 60.9 Å². The Labute approximate surface area is 197 Å². The average molecular weight is 465 g/mol. The lowest BCUT2D eigenvalue weighted by Gasteiger charge is -2.37. The van der Waals surface area contributed by atoms with Gasteiger partial charge in [-0.15, -0.1) is 11.3 Å². The third-order valence-corrected chi connectivity index (χ3v) is 7.66. The van der Waals surface area contributed by atoms with Crippen molar-refractivity contribution in [3.8, 4) is 0 Å². The van der Waals surface area contributed by atoms with E-state index in [9.17, 15) is 9.59 Å². The predicted octanol–water partition coefficient (Wildman–Crippen LogP) is 5.49. The second-order valence-electron chi connectivity index (χ2n) is 8.59. The minimum atomic E-state index is -0.161. The molecule has 0 N–H and O–H groups in total. The largest absolute Gasteiger partial charge is 0.330 e. The lowest BCUT2D eigenvalue weighted by Crippen LogP contribution is -2.47. The molecule has 0 spiro atoms. The molecule has 164 valence electrons. The molecule has 1 aliphatic heterocycles. The van der Waals surface area contributed by atoms with E-state index in [0.717, 1.165) is 24.8 Å². The minimum absolute atomic E-state index is 0.0141. The topological polar surface area (TPSA) is 40.6 Å². The zero-order chi connectivity index (χ0) is 22.2. The third kappa shape index (κ3) is 4.07. The Morgan fingerprint density at radius 2 is 1.84 bits per heavy atom. The Kier molecular flexibility index (Phi) is 5.78. The minimum Gasteiger partial charge on any atom is -0.330 e. The summed E-state index contributed by atoms with van der Waals surface area (Å²) in [5.41, 5.74) is 3.97. The van der Waals surface area contributed by atoms with Crippen LogP contribution in [0.15, 0.2) is 60.0 Å². The van der Waals surface area contributed by atoms with Crippen molar-refractivity contribution in [2.24, 2.45) is 0 Å². The number of hydrogen-bond acceptors (Lipinski definition) is 3. The molecule has 0 saturated heterocycles. The molecule has 6 heteroatoms. The third-order valence-electron chi connectivity index (χ3n) is 6.34. The number of thiophene rings is 1. The molecule has 2 amide bonds. The van der Waals surface area contributed by atoms with Gasteiger partial charge in [0.25, 0.3) is 5.91 Å². The molecule has 4 nitrogen and oxygen atoms in total. The van der Waals surface area contributed by atoms with Crippen LogP contribution in [0, 0.1) is 6.92 Å². The maximum absolute atomic E-state index is 13.6. The van der Waals surface area contributed by atoms with E-state index in [-0.39, 0.29) is 30.4 Å². The Bertz CT molecular complexity index is 1150. The van der Waals surface area contributed by atoms with Crippen LogP contribution in [0.5, 0.6) is 0 Å². The van der Waals surface area contributed by atoms with Crippen LogP contribution in [0.2, 0.25) is 5.02 Å². The first-order valence-corrected chi connectivity index (χ1v) is 12.3. The van der Waals surface area contributed by atoms with E-state index < -0.39 is 0 Å². The normalized spacial score (nSPS) is 17.7. The highest BCUT2D eigenvalue weighted by molar-refractivity contribution is 7.10. The second-order valence-corrected chi connectivity index (χ2v) is 10.0. The molecule has 1 atom stereocenters. The lowest BCUT2D eigenvalue weighted by atomic mass is 9.92. The van der Waals surface area contributed by atoms with Crippen LogP contribution in [0.4, 0.5) is 0 Å². The maximum atomic E-state index is 13.6. The summed E-state index contributed by atoms with van der Waals surface area (Å²) >= 11 is 8.05.